The number of carbonyl (C=O) groups excluding carboxylic acids is 1. The predicted octanol–water partition coefficient (Wildman–Crippen LogP) is 0.467. The predicted molar refractivity (Wildman–Crippen MR) is 55.9 cm³/mol. The first-order valence-electron chi connectivity index (χ1n) is 4.86. The highest BCUT2D eigenvalue weighted by molar-refractivity contribution is 5.93. The molecule has 3 N–H and O–H groups in total. The fourth-order valence-corrected chi connectivity index (χ4v) is 1.13. The minimum absolute atomic E-state index is 0.227. The van der Waals surface area contributed by atoms with Gasteiger partial charge in [0.25, 0.3) is 0 Å². The highest BCUT2D eigenvalue weighted by Gasteiger charge is 2.28. The molecule has 0 aromatic rings. The summed E-state index contributed by atoms with van der Waals surface area (Å²) in [5.74, 6) is -2.94. The molecule has 0 spiro atoms. The Morgan fingerprint density at radius 2 is 1.62 bits per heavy atom. The van der Waals surface area contributed by atoms with Gasteiger partial charge >= 0.3 is 11.9 Å². The lowest BCUT2D eigenvalue weighted by Gasteiger charge is -2.30. The Kier molecular flexibility index (Phi) is 4.94. The Morgan fingerprint density at radius 1 is 1.12 bits per heavy atom. The van der Waals surface area contributed by atoms with Crippen molar-refractivity contribution in [3.05, 3.63) is 0 Å². The Labute approximate surface area is 93.6 Å². The van der Waals surface area contributed by atoms with Crippen LogP contribution in [-0.4, -0.2) is 34.1 Å². The van der Waals surface area contributed by atoms with E-state index in [1.54, 1.807) is 20.8 Å². The minimum Gasteiger partial charge on any atom is -0.481 e. The van der Waals surface area contributed by atoms with Crippen LogP contribution in [0.3, 0.4) is 0 Å². The van der Waals surface area contributed by atoms with Crippen LogP contribution in [0.2, 0.25) is 0 Å². The summed E-state index contributed by atoms with van der Waals surface area (Å²) in [7, 11) is 0. The maximum atomic E-state index is 11.2. The van der Waals surface area contributed by atoms with Gasteiger partial charge in [0.2, 0.25) is 5.91 Å². The van der Waals surface area contributed by atoms with Crippen LogP contribution in [0.4, 0.5) is 0 Å². The fourth-order valence-electron chi connectivity index (χ4n) is 1.13. The second-order valence-corrected chi connectivity index (χ2v) is 4.65. The molecule has 0 saturated carbocycles. The van der Waals surface area contributed by atoms with Crippen LogP contribution < -0.4 is 5.32 Å². The SMILES string of the molecule is CC(C)(C)C(CC(=O)O)NC(=O)CC(=O)O. The third-order valence-electron chi connectivity index (χ3n) is 2.07. The molecule has 6 nitrogen and oxygen atoms in total. The van der Waals surface area contributed by atoms with Gasteiger partial charge in [0, 0.05) is 6.04 Å². The molecule has 0 aliphatic carbocycles. The highest BCUT2D eigenvalue weighted by atomic mass is 16.4. The van der Waals surface area contributed by atoms with E-state index in [2.05, 4.69) is 5.32 Å². The van der Waals surface area contributed by atoms with E-state index in [-0.39, 0.29) is 6.42 Å². The molecule has 0 radical (unpaired) electrons. The van der Waals surface area contributed by atoms with Crippen LogP contribution in [-0.2, 0) is 14.4 Å². The highest BCUT2D eigenvalue weighted by Crippen LogP contribution is 2.21. The minimum atomic E-state index is -1.24. The third kappa shape index (κ3) is 6.00. The number of hydrogen-bond acceptors (Lipinski definition) is 3. The van der Waals surface area contributed by atoms with Crippen molar-refractivity contribution in [3.63, 3.8) is 0 Å². The summed E-state index contributed by atoms with van der Waals surface area (Å²) < 4.78 is 0. The van der Waals surface area contributed by atoms with Gasteiger partial charge in [0.05, 0.1) is 6.42 Å². The fraction of sp³-hybridized carbons (Fsp3) is 0.700. The summed E-state index contributed by atoms with van der Waals surface area (Å²) in [5, 5.41) is 19.5. The zero-order valence-corrected chi connectivity index (χ0v) is 9.61. The van der Waals surface area contributed by atoms with E-state index in [9.17, 15) is 14.4 Å². The summed E-state index contributed by atoms with van der Waals surface area (Å²) in [5.41, 5.74) is -0.438. The van der Waals surface area contributed by atoms with Crippen molar-refractivity contribution in [1.82, 2.24) is 5.32 Å². The number of carboxylic acid groups (broad SMARTS) is 2. The quantitative estimate of drug-likeness (QED) is 0.596. The van der Waals surface area contributed by atoms with Crippen molar-refractivity contribution < 1.29 is 24.6 Å². The lowest BCUT2D eigenvalue weighted by atomic mass is 9.84. The number of nitrogens with one attached hydrogen (secondary N) is 1. The van der Waals surface area contributed by atoms with Crippen LogP contribution >= 0.6 is 0 Å². The number of hydrogen-bond donors (Lipinski definition) is 3. The molecule has 0 aromatic carbocycles. The number of rotatable bonds is 5. The first-order valence-corrected chi connectivity index (χ1v) is 4.86. The summed E-state index contributed by atoms with van der Waals surface area (Å²) in [4.78, 5) is 32.1. The molecule has 0 fully saturated rings. The average Bonchev–Trinajstić information content (AvgIpc) is 1.98. The first-order chi connectivity index (χ1) is 7.12. The van der Waals surface area contributed by atoms with Gasteiger partial charge in [-0.3, -0.25) is 14.4 Å². The van der Waals surface area contributed by atoms with E-state index in [4.69, 9.17) is 10.2 Å². The van der Waals surface area contributed by atoms with E-state index in [1.807, 2.05) is 0 Å². The molecule has 0 heterocycles. The zero-order chi connectivity index (χ0) is 12.9. The van der Waals surface area contributed by atoms with Crippen LogP contribution in [0, 0.1) is 5.41 Å². The summed E-state index contributed by atoms with van der Waals surface area (Å²) in [6.45, 7) is 5.34. The Balaban J connectivity index is 4.49. The molecule has 1 atom stereocenters. The maximum Gasteiger partial charge on any atom is 0.312 e. The molecular weight excluding hydrogens is 214 g/mol. The smallest absolute Gasteiger partial charge is 0.312 e. The maximum absolute atomic E-state index is 11.2. The Morgan fingerprint density at radius 3 is 1.94 bits per heavy atom. The van der Waals surface area contributed by atoms with E-state index in [0.717, 1.165) is 0 Å². The molecule has 16 heavy (non-hydrogen) atoms. The largest absolute Gasteiger partial charge is 0.481 e. The molecule has 0 aromatic heterocycles. The molecule has 0 saturated heterocycles. The van der Waals surface area contributed by atoms with E-state index in [0.29, 0.717) is 0 Å². The molecule has 0 rings (SSSR count). The second kappa shape index (κ2) is 5.48. The number of amides is 1. The number of carbonyl (C=O) groups is 3. The van der Waals surface area contributed by atoms with Crippen molar-refractivity contribution >= 4 is 17.8 Å². The van der Waals surface area contributed by atoms with Gasteiger partial charge in [0.1, 0.15) is 6.42 Å². The van der Waals surface area contributed by atoms with Gasteiger partial charge in [0.15, 0.2) is 0 Å². The average molecular weight is 231 g/mol. The van der Waals surface area contributed by atoms with Crippen molar-refractivity contribution in [2.24, 2.45) is 5.41 Å². The third-order valence-corrected chi connectivity index (χ3v) is 2.07. The van der Waals surface area contributed by atoms with Crippen molar-refractivity contribution in [1.29, 1.82) is 0 Å². The van der Waals surface area contributed by atoms with Gasteiger partial charge in [-0.1, -0.05) is 20.8 Å². The summed E-state index contributed by atoms with van der Waals surface area (Å²) >= 11 is 0. The zero-order valence-electron chi connectivity index (χ0n) is 9.61. The Bertz CT molecular complexity index is 292. The monoisotopic (exact) mass is 231 g/mol. The van der Waals surface area contributed by atoms with E-state index >= 15 is 0 Å². The van der Waals surface area contributed by atoms with Gasteiger partial charge in [-0.25, -0.2) is 0 Å². The molecule has 0 aliphatic rings. The molecule has 92 valence electrons. The topological polar surface area (TPSA) is 104 Å². The molecule has 0 aliphatic heterocycles. The standard InChI is InChI=1S/C10H17NO5/c1-10(2,3)6(4-8(13)14)11-7(12)5-9(15)16/h6H,4-5H2,1-3H3,(H,11,12)(H,13,14)(H,15,16). The molecule has 6 heteroatoms. The van der Waals surface area contributed by atoms with Crippen LogP contribution in [0.5, 0.6) is 0 Å². The molecule has 1 amide bonds. The first kappa shape index (κ1) is 14.4. The Hall–Kier alpha value is -1.59. The van der Waals surface area contributed by atoms with Crippen molar-refractivity contribution in [2.75, 3.05) is 0 Å². The van der Waals surface area contributed by atoms with E-state index in [1.165, 1.54) is 0 Å². The lowest BCUT2D eigenvalue weighted by Crippen LogP contribution is -2.45. The van der Waals surface area contributed by atoms with Crippen LogP contribution in [0.25, 0.3) is 0 Å². The van der Waals surface area contributed by atoms with Crippen molar-refractivity contribution in [3.8, 4) is 0 Å². The molecule has 0 bridgehead atoms. The summed E-state index contributed by atoms with van der Waals surface area (Å²) in [6.07, 6.45) is -0.874. The van der Waals surface area contributed by atoms with Crippen LogP contribution in [0.1, 0.15) is 33.6 Å². The van der Waals surface area contributed by atoms with Crippen LogP contribution in [0.15, 0.2) is 0 Å². The lowest BCUT2D eigenvalue weighted by molar-refractivity contribution is -0.141. The normalized spacial score (nSPS) is 12.9. The van der Waals surface area contributed by atoms with Gasteiger partial charge in [-0.15, -0.1) is 0 Å². The number of aliphatic carboxylic acids is 2. The summed E-state index contributed by atoms with van der Waals surface area (Å²) in [6, 6.07) is -0.586. The van der Waals surface area contributed by atoms with E-state index < -0.39 is 35.7 Å². The van der Waals surface area contributed by atoms with Gasteiger partial charge < -0.3 is 15.5 Å². The van der Waals surface area contributed by atoms with Gasteiger partial charge in [-0.2, -0.15) is 0 Å². The second-order valence-electron chi connectivity index (χ2n) is 4.65. The van der Waals surface area contributed by atoms with Gasteiger partial charge in [-0.05, 0) is 5.41 Å². The molecular formula is C10H17NO5. The molecule has 1 unspecified atom stereocenters. The van der Waals surface area contributed by atoms with Crippen molar-refractivity contribution in [2.45, 2.75) is 39.7 Å². The number of carboxylic acids is 2.